The number of esters is 1. The lowest BCUT2D eigenvalue weighted by Gasteiger charge is -2.23. The van der Waals surface area contributed by atoms with Crippen LogP contribution in [0.15, 0.2) is 12.2 Å². The van der Waals surface area contributed by atoms with Crippen LogP contribution < -0.4 is 0 Å². The van der Waals surface area contributed by atoms with Crippen molar-refractivity contribution in [2.45, 2.75) is 128 Å². The standard InChI is InChI=1S/C26H50BrO6P/c1-4-7-8-9-10-11-12-13-14-15-16-17-18-19-20-21-26(29)31-23-24(28)22-25(27)34(30,32-5-2)33-6-3/h13-14,24-25,28H,4-12,15-23H2,1-3H3/t24-,25?/m0/s1. The molecule has 0 heterocycles. The number of halogens is 1. The van der Waals surface area contributed by atoms with E-state index in [1.807, 2.05) is 0 Å². The Labute approximate surface area is 217 Å². The van der Waals surface area contributed by atoms with E-state index in [2.05, 4.69) is 35.0 Å². The van der Waals surface area contributed by atoms with E-state index < -0.39 is 18.3 Å². The number of aliphatic hydroxyl groups is 1. The van der Waals surface area contributed by atoms with Gasteiger partial charge in [0.05, 0.1) is 19.3 Å². The van der Waals surface area contributed by atoms with E-state index in [1.165, 1.54) is 57.8 Å². The number of unbranched alkanes of at least 4 members (excludes halogenated alkanes) is 11. The number of rotatable bonds is 24. The summed E-state index contributed by atoms with van der Waals surface area (Å²) in [6.07, 6.45) is 19.9. The van der Waals surface area contributed by atoms with Crippen LogP contribution >= 0.6 is 23.5 Å². The molecule has 0 aliphatic heterocycles. The van der Waals surface area contributed by atoms with Gasteiger partial charge in [0.1, 0.15) is 11.2 Å². The van der Waals surface area contributed by atoms with Crippen molar-refractivity contribution in [2.75, 3.05) is 19.8 Å². The fraction of sp³-hybridized carbons (Fsp3) is 0.885. The van der Waals surface area contributed by atoms with Crippen LogP contribution in [0.5, 0.6) is 0 Å². The Morgan fingerprint density at radius 1 is 0.853 bits per heavy atom. The zero-order valence-corrected chi connectivity index (χ0v) is 24.3. The molecule has 0 fully saturated rings. The summed E-state index contributed by atoms with van der Waals surface area (Å²) in [6, 6.07) is 0. The topological polar surface area (TPSA) is 82.1 Å². The maximum atomic E-state index is 12.6. The average molecular weight is 570 g/mol. The van der Waals surface area contributed by atoms with Crippen LogP contribution in [0.4, 0.5) is 0 Å². The Morgan fingerprint density at radius 3 is 1.88 bits per heavy atom. The smallest absolute Gasteiger partial charge is 0.344 e. The highest BCUT2D eigenvalue weighted by Gasteiger charge is 2.35. The second kappa shape index (κ2) is 23.2. The summed E-state index contributed by atoms with van der Waals surface area (Å²) in [4.78, 5) is 11.9. The Bertz CT molecular complexity index is 547. The molecule has 0 rings (SSSR count). The minimum atomic E-state index is -3.35. The molecular weight excluding hydrogens is 519 g/mol. The summed E-state index contributed by atoms with van der Waals surface area (Å²) in [5.74, 6) is -0.305. The summed E-state index contributed by atoms with van der Waals surface area (Å²) < 4.78 is 27.7. The minimum Gasteiger partial charge on any atom is -0.463 e. The Morgan fingerprint density at radius 2 is 1.35 bits per heavy atom. The first-order chi connectivity index (χ1) is 16.4. The number of hydrogen-bond acceptors (Lipinski definition) is 6. The van der Waals surface area contributed by atoms with Crippen molar-refractivity contribution in [3.8, 4) is 0 Å². The molecule has 0 aromatic rings. The molecule has 0 aromatic carbocycles. The van der Waals surface area contributed by atoms with Gasteiger partial charge in [-0.15, -0.1) is 0 Å². The Kier molecular flexibility index (Phi) is 23.1. The quantitative estimate of drug-likeness (QED) is 0.0414. The maximum absolute atomic E-state index is 12.6. The SMILES string of the molecule is CCCCCCCCC=CCCCCCCCC(=O)OC[C@@H](O)CC(Br)P(=O)(OCC)OCC. The Hall–Kier alpha value is -0.200. The van der Waals surface area contributed by atoms with Crippen LogP contribution in [0, 0.1) is 0 Å². The van der Waals surface area contributed by atoms with Gasteiger partial charge in [0.15, 0.2) is 0 Å². The molecule has 1 unspecified atom stereocenters. The van der Waals surface area contributed by atoms with Crippen molar-refractivity contribution in [3.63, 3.8) is 0 Å². The largest absolute Gasteiger partial charge is 0.463 e. The molecule has 0 aromatic heterocycles. The summed E-state index contributed by atoms with van der Waals surface area (Å²) in [5, 5.41) is 10.1. The van der Waals surface area contributed by atoms with Gasteiger partial charge >= 0.3 is 13.6 Å². The number of allylic oxidation sites excluding steroid dienone is 2. The highest BCUT2D eigenvalue weighted by atomic mass is 79.9. The van der Waals surface area contributed by atoms with Crippen LogP contribution in [0.25, 0.3) is 0 Å². The first kappa shape index (κ1) is 33.8. The van der Waals surface area contributed by atoms with Crippen molar-refractivity contribution < 1.29 is 28.3 Å². The normalized spacial score (nSPS) is 13.9. The molecule has 202 valence electrons. The van der Waals surface area contributed by atoms with Crippen LogP contribution in [-0.2, 0) is 23.1 Å². The van der Waals surface area contributed by atoms with Crippen LogP contribution in [0.2, 0.25) is 0 Å². The number of aliphatic hydroxyl groups excluding tert-OH is 1. The van der Waals surface area contributed by atoms with Crippen molar-refractivity contribution in [1.82, 2.24) is 0 Å². The van der Waals surface area contributed by atoms with Gasteiger partial charge in [0.25, 0.3) is 0 Å². The summed E-state index contributed by atoms with van der Waals surface area (Å²) >= 11 is 3.30. The molecule has 1 N–H and O–H groups in total. The van der Waals surface area contributed by atoms with Crippen LogP contribution in [-0.4, -0.2) is 41.6 Å². The zero-order chi connectivity index (χ0) is 25.5. The third-order valence-electron chi connectivity index (χ3n) is 5.51. The van der Waals surface area contributed by atoms with Gasteiger partial charge in [-0.05, 0) is 46.0 Å². The third-order valence-corrected chi connectivity index (χ3v) is 9.52. The monoisotopic (exact) mass is 568 g/mol. The second-order valence-corrected chi connectivity index (χ2v) is 12.7. The molecule has 0 spiro atoms. The lowest BCUT2D eigenvalue weighted by atomic mass is 10.1. The molecule has 8 heteroatoms. The minimum absolute atomic E-state index is 0.109. The van der Waals surface area contributed by atoms with Crippen molar-refractivity contribution in [3.05, 3.63) is 12.2 Å². The van der Waals surface area contributed by atoms with Crippen molar-refractivity contribution in [2.24, 2.45) is 0 Å². The highest BCUT2D eigenvalue weighted by molar-refractivity contribution is 9.10. The van der Waals surface area contributed by atoms with Gasteiger partial charge in [0.2, 0.25) is 0 Å². The number of carbonyl (C=O) groups is 1. The molecule has 0 aliphatic rings. The molecule has 2 atom stereocenters. The van der Waals surface area contributed by atoms with E-state index >= 15 is 0 Å². The molecule has 34 heavy (non-hydrogen) atoms. The molecule has 0 amide bonds. The molecular formula is C26H50BrO6P. The number of hydrogen-bond donors (Lipinski definition) is 1. The van der Waals surface area contributed by atoms with Gasteiger partial charge in [0, 0.05) is 12.8 Å². The van der Waals surface area contributed by atoms with Gasteiger partial charge in [-0.25, -0.2) is 0 Å². The van der Waals surface area contributed by atoms with Crippen LogP contribution in [0.1, 0.15) is 117 Å². The van der Waals surface area contributed by atoms with E-state index in [1.54, 1.807) is 13.8 Å². The highest BCUT2D eigenvalue weighted by Crippen LogP contribution is 2.57. The van der Waals surface area contributed by atoms with Gasteiger partial charge in [-0.2, -0.15) is 0 Å². The molecule has 0 radical (unpaired) electrons. The van der Waals surface area contributed by atoms with Crippen molar-refractivity contribution in [1.29, 1.82) is 0 Å². The van der Waals surface area contributed by atoms with E-state index in [0.717, 1.165) is 25.7 Å². The fourth-order valence-electron chi connectivity index (χ4n) is 3.58. The maximum Gasteiger partial charge on any atom is 0.344 e. The Balaban J connectivity index is 3.70. The van der Waals surface area contributed by atoms with Crippen LogP contribution in [0.3, 0.4) is 0 Å². The van der Waals surface area contributed by atoms with Gasteiger partial charge < -0.3 is 18.9 Å². The fourth-order valence-corrected chi connectivity index (χ4v) is 6.34. The predicted octanol–water partition coefficient (Wildman–Crippen LogP) is 8.31. The van der Waals surface area contributed by atoms with Crippen molar-refractivity contribution >= 4 is 29.5 Å². The number of alkyl halides is 1. The van der Waals surface area contributed by atoms with E-state index in [4.69, 9.17) is 13.8 Å². The molecule has 0 saturated heterocycles. The third kappa shape index (κ3) is 19.0. The van der Waals surface area contributed by atoms with Gasteiger partial charge in [-0.1, -0.05) is 86.4 Å². The lowest BCUT2D eigenvalue weighted by molar-refractivity contribution is -0.146. The zero-order valence-electron chi connectivity index (χ0n) is 21.9. The first-order valence-corrected chi connectivity index (χ1v) is 15.9. The second-order valence-electron chi connectivity index (χ2n) is 8.72. The van der Waals surface area contributed by atoms with Gasteiger partial charge in [-0.3, -0.25) is 9.36 Å². The predicted molar refractivity (Wildman–Crippen MR) is 145 cm³/mol. The molecule has 0 saturated carbocycles. The molecule has 6 nitrogen and oxygen atoms in total. The molecule has 0 aliphatic carbocycles. The summed E-state index contributed by atoms with van der Waals surface area (Å²) in [5.41, 5.74) is 0. The lowest BCUT2D eigenvalue weighted by Crippen LogP contribution is -2.23. The number of ether oxygens (including phenoxy) is 1. The van der Waals surface area contributed by atoms with E-state index in [0.29, 0.717) is 6.42 Å². The van der Waals surface area contributed by atoms with E-state index in [9.17, 15) is 14.5 Å². The summed E-state index contributed by atoms with van der Waals surface area (Å²) in [7, 11) is -3.35. The first-order valence-electron chi connectivity index (χ1n) is 13.4. The summed E-state index contributed by atoms with van der Waals surface area (Å²) in [6.45, 7) is 6.10. The van der Waals surface area contributed by atoms with E-state index in [-0.39, 0.29) is 32.2 Å². The molecule has 0 bridgehead atoms. The average Bonchev–Trinajstić information content (AvgIpc) is 2.80. The number of carbonyl (C=O) groups excluding carboxylic acids is 1.